The number of hydrogen-bond acceptors (Lipinski definition) is 4. The fourth-order valence-electron chi connectivity index (χ4n) is 4.77. The van der Waals surface area contributed by atoms with Crippen molar-refractivity contribution in [3.8, 4) is 11.5 Å². The number of benzene rings is 2. The average Bonchev–Trinajstić information content (AvgIpc) is 3.10. The first kappa shape index (κ1) is 20.7. The number of fused-ring (bicyclic) bond motifs is 2. The van der Waals surface area contributed by atoms with Gasteiger partial charge in [0.1, 0.15) is 18.6 Å². The van der Waals surface area contributed by atoms with E-state index >= 15 is 0 Å². The highest BCUT2D eigenvalue weighted by atomic mass is 19.1. The maximum atomic E-state index is 14.1. The van der Waals surface area contributed by atoms with Gasteiger partial charge in [-0.15, -0.1) is 0 Å². The van der Waals surface area contributed by atoms with Gasteiger partial charge in [0.25, 0.3) is 0 Å². The molecular formula is C24H24F2N2O4. The molecule has 2 amide bonds. The summed E-state index contributed by atoms with van der Waals surface area (Å²) in [7, 11) is 0. The van der Waals surface area contributed by atoms with E-state index < -0.39 is 17.0 Å². The van der Waals surface area contributed by atoms with E-state index in [0.717, 1.165) is 6.42 Å². The van der Waals surface area contributed by atoms with Crippen LogP contribution in [0.5, 0.6) is 11.5 Å². The van der Waals surface area contributed by atoms with Crippen LogP contribution in [0.4, 0.5) is 8.78 Å². The summed E-state index contributed by atoms with van der Waals surface area (Å²) in [6.07, 6.45) is 1.71. The van der Waals surface area contributed by atoms with Gasteiger partial charge in [0.05, 0.1) is 13.1 Å². The maximum Gasteiger partial charge on any atom is 0.238 e. The summed E-state index contributed by atoms with van der Waals surface area (Å²) < 4.78 is 39.3. The van der Waals surface area contributed by atoms with Crippen LogP contribution in [-0.2, 0) is 22.7 Å². The molecule has 168 valence electrons. The van der Waals surface area contributed by atoms with Gasteiger partial charge in [-0.3, -0.25) is 9.59 Å². The van der Waals surface area contributed by atoms with Crippen molar-refractivity contribution in [2.45, 2.75) is 32.4 Å². The highest BCUT2D eigenvalue weighted by Gasteiger charge is 2.54. The SMILES string of the molecule is O=C(N1CCOc2c(F)cccc2C1)C1(C(=O)N2CCOc3c(F)cccc3C2)CCC1. The zero-order valence-electron chi connectivity index (χ0n) is 17.6. The van der Waals surface area contributed by atoms with Gasteiger partial charge in [0, 0.05) is 24.2 Å². The summed E-state index contributed by atoms with van der Waals surface area (Å²) in [4.78, 5) is 30.5. The Bertz CT molecular complexity index is 990. The predicted octanol–water partition coefficient (Wildman–Crippen LogP) is 3.28. The summed E-state index contributed by atoms with van der Waals surface area (Å²) in [6, 6.07) is 9.30. The zero-order valence-corrected chi connectivity index (χ0v) is 17.6. The van der Waals surface area contributed by atoms with Crippen molar-refractivity contribution < 1.29 is 27.8 Å². The van der Waals surface area contributed by atoms with Crippen LogP contribution in [0.2, 0.25) is 0 Å². The van der Waals surface area contributed by atoms with Crippen LogP contribution in [0.1, 0.15) is 30.4 Å². The third-order valence-electron chi connectivity index (χ3n) is 6.63. The Hall–Kier alpha value is -3.16. The lowest BCUT2D eigenvalue weighted by atomic mass is 9.66. The number of halogens is 2. The Morgan fingerprint density at radius 3 is 1.66 bits per heavy atom. The minimum absolute atomic E-state index is 0.161. The van der Waals surface area contributed by atoms with Gasteiger partial charge in [-0.05, 0) is 25.0 Å². The van der Waals surface area contributed by atoms with Gasteiger partial charge in [0.15, 0.2) is 23.1 Å². The summed E-state index contributed by atoms with van der Waals surface area (Å²) in [6.45, 7) is 1.26. The van der Waals surface area contributed by atoms with E-state index in [1.807, 2.05) is 0 Å². The topological polar surface area (TPSA) is 59.1 Å². The maximum absolute atomic E-state index is 14.1. The normalized spacial score (nSPS) is 19.3. The molecule has 0 unspecified atom stereocenters. The lowest BCUT2D eigenvalue weighted by molar-refractivity contribution is -0.164. The Morgan fingerprint density at radius 2 is 1.25 bits per heavy atom. The highest BCUT2D eigenvalue weighted by Crippen LogP contribution is 2.45. The van der Waals surface area contributed by atoms with Crippen molar-refractivity contribution >= 4 is 11.8 Å². The second-order valence-electron chi connectivity index (χ2n) is 8.54. The summed E-state index contributed by atoms with van der Waals surface area (Å²) in [5.74, 6) is -1.08. The van der Waals surface area contributed by atoms with Gasteiger partial charge < -0.3 is 19.3 Å². The Balaban J connectivity index is 1.39. The molecule has 0 bridgehead atoms. The van der Waals surface area contributed by atoms with Gasteiger partial charge in [-0.25, -0.2) is 8.78 Å². The van der Waals surface area contributed by atoms with Crippen molar-refractivity contribution in [3.63, 3.8) is 0 Å². The summed E-state index contributed by atoms with van der Waals surface area (Å²) in [5, 5.41) is 0. The van der Waals surface area contributed by atoms with Crippen molar-refractivity contribution in [1.29, 1.82) is 0 Å². The van der Waals surface area contributed by atoms with Crippen LogP contribution in [0.3, 0.4) is 0 Å². The van der Waals surface area contributed by atoms with E-state index in [1.165, 1.54) is 12.1 Å². The van der Waals surface area contributed by atoms with Crippen LogP contribution >= 0.6 is 0 Å². The quantitative estimate of drug-likeness (QED) is 0.670. The molecule has 8 heteroatoms. The number of ether oxygens (including phenoxy) is 2. The Kier molecular flexibility index (Phi) is 5.23. The standard InChI is InChI=1S/C24H24F2N2O4/c25-18-6-1-4-16-14-27(10-12-31-20(16)18)22(29)24(8-3-9-24)23(30)28-11-13-32-21-17(15-28)5-2-7-19(21)26/h1-2,4-7H,3,8-15H2. The van der Waals surface area contributed by atoms with Crippen LogP contribution in [-0.4, -0.2) is 47.9 Å². The molecule has 0 atom stereocenters. The average molecular weight is 442 g/mol. The number of rotatable bonds is 2. The minimum atomic E-state index is -1.14. The van der Waals surface area contributed by atoms with Crippen LogP contribution in [0.25, 0.3) is 0 Å². The summed E-state index contributed by atoms with van der Waals surface area (Å²) in [5.41, 5.74) is 0.0334. The molecule has 0 aromatic heterocycles. The van der Waals surface area contributed by atoms with Crippen molar-refractivity contribution in [2.24, 2.45) is 5.41 Å². The predicted molar refractivity (Wildman–Crippen MR) is 111 cm³/mol. The molecule has 32 heavy (non-hydrogen) atoms. The molecule has 1 aliphatic carbocycles. The second kappa shape index (κ2) is 8.07. The number of carbonyl (C=O) groups is 2. The van der Waals surface area contributed by atoms with Gasteiger partial charge in [0.2, 0.25) is 11.8 Å². The molecule has 2 aliphatic heterocycles. The molecule has 5 rings (SSSR count). The zero-order chi connectivity index (χ0) is 22.3. The van der Waals surface area contributed by atoms with E-state index in [0.29, 0.717) is 24.0 Å². The second-order valence-corrected chi connectivity index (χ2v) is 8.54. The highest BCUT2D eigenvalue weighted by molar-refractivity contribution is 6.06. The molecular weight excluding hydrogens is 418 g/mol. The molecule has 1 saturated carbocycles. The smallest absolute Gasteiger partial charge is 0.238 e. The molecule has 0 spiro atoms. The first-order valence-electron chi connectivity index (χ1n) is 10.9. The third kappa shape index (κ3) is 3.38. The van der Waals surface area contributed by atoms with Crippen LogP contribution in [0.15, 0.2) is 36.4 Å². The molecule has 0 saturated heterocycles. The molecule has 1 fully saturated rings. The molecule has 2 heterocycles. The first-order valence-corrected chi connectivity index (χ1v) is 10.9. The number of nitrogens with zero attached hydrogens (tertiary/aromatic N) is 2. The molecule has 6 nitrogen and oxygen atoms in total. The van der Waals surface area contributed by atoms with Crippen molar-refractivity contribution in [2.75, 3.05) is 26.3 Å². The molecule has 2 aromatic carbocycles. The van der Waals surface area contributed by atoms with Gasteiger partial charge >= 0.3 is 0 Å². The minimum Gasteiger partial charge on any atom is -0.488 e. The molecule has 3 aliphatic rings. The van der Waals surface area contributed by atoms with E-state index in [9.17, 15) is 18.4 Å². The fourth-order valence-corrected chi connectivity index (χ4v) is 4.77. The largest absolute Gasteiger partial charge is 0.488 e. The van der Waals surface area contributed by atoms with E-state index in [-0.39, 0.29) is 62.7 Å². The van der Waals surface area contributed by atoms with E-state index in [1.54, 1.807) is 34.1 Å². The monoisotopic (exact) mass is 442 g/mol. The fraction of sp³-hybridized carbons (Fsp3) is 0.417. The molecule has 2 aromatic rings. The van der Waals surface area contributed by atoms with Crippen LogP contribution < -0.4 is 9.47 Å². The lowest BCUT2D eigenvalue weighted by Crippen LogP contribution is -2.57. The summed E-state index contributed by atoms with van der Waals surface area (Å²) >= 11 is 0. The molecule has 0 radical (unpaired) electrons. The van der Waals surface area contributed by atoms with Gasteiger partial charge in [-0.2, -0.15) is 0 Å². The van der Waals surface area contributed by atoms with Crippen molar-refractivity contribution in [3.05, 3.63) is 59.2 Å². The van der Waals surface area contributed by atoms with E-state index in [2.05, 4.69) is 0 Å². The van der Waals surface area contributed by atoms with Crippen molar-refractivity contribution in [1.82, 2.24) is 9.80 Å². The number of para-hydroxylation sites is 2. The molecule has 0 N–H and O–H groups in total. The third-order valence-corrected chi connectivity index (χ3v) is 6.63. The first-order chi connectivity index (χ1) is 15.5. The number of amides is 2. The number of hydrogen-bond donors (Lipinski definition) is 0. The van der Waals surface area contributed by atoms with Crippen LogP contribution in [0, 0.1) is 17.0 Å². The number of carbonyl (C=O) groups excluding carboxylic acids is 2. The lowest BCUT2D eigenvalue weighted by Gasteiger charge is -2.44. The van der Waals surface area contributed by atoms with E-state index in [4.69, 9.17) is 9.47 Å². The Labute approximate surface area is 184 Å². The Morgan fingerprint density at radius 1 is 0.781 bits per heavy atom. The van der Waals surface area contributed by atoms with Gasteiger partial charge in [-0.1, -0.05) is 30.7 Å².